The Morgan fingerprint density at radius 1 is 0.521 bits per heavy atom. The van der Waals surface area contributed by atoms with Crippen LogP contribution in [-0.2, 0) is 0 Å². The van der Waals surface area contributed by atoms with E-state index in [2.05, 4.69) is 106 Å². The minimum absolute atomic E-state index is 1.18. The summed E-state index contributed by atoms with van der Waals surface area (Å²) in [6.07, 6.45) is 28.4. The first-order valence-electron chi connectivity index (χ1n) is 20.2. The van der Waals surface area contributed by atoms with E-state index in [0.29, 0.717) is 0 Å². The fourth-order valence-corrected chi connectivity index (χ4v) is 15.9. The lowest BCUT2D eigenvalue weighted by Gasteiger charge is -2.20. The highest BCUT2D eigenvalue weighted by molar-refractivity contribution is 7.29. The lowest BCUT2D eigenvalue weighted by atomic mass is 10.0. The molecule has 0 saturated heterocycles. The maximum Gasteiger partial charge on any atom is 0.0934 e. The van der Waals surface area contributed by atoms with Crippen molar-refractivity contribution in [3.63, 3.8) is 0 Å². The van der Waals surface area contributed by atoms with Crippen LogP contribution in [0.3, 0.4) is 0 Å². The molecule has 48 heavy (non-hydrogen) atoms. The third-order valence-electron chi connectivity index (χ3n) is 10.6. The first-order chi connectivity index (χ1) is 23.2. The third-order valence-corrected chi connectivity index (χ3v) is 22.7. The van der Waals surface area contributed by atoms with Gasteiger partial charge in [0.2, 0.25) is 0 Å². The van der Waals surface area contributed by atoms with Crippen LogP contribution in [0, 0.1) is 0 Å². The van der Waals surface area contributed by atoms with Crippen LogP contribution < -0.4 is 9.00 Å². The van der Waals surface area contributed by atoms with Gasteiger partial charge in [0.25, 0.3) is 0 Å². The molecule has 4 heteroatoms. The molecule has 1 aromatic carbocycles. The first kappa shape index (κ1) is 41.2. The van der Waals surface area contributed by atoms with Crippen molar-refractivity contribution in [3.8, 4) is 10.4 Å². The Labute approximate surface area is 308 Å². The predicted molar refractivity (Wildman–Crippen MR) is 230 cm³/mol. The Hall–Kier alpha value is -1.21. The van der Waals surface area contributed by atoms with Gasteiger partial charge in [-0.1, -0.05) is 217 Å². The fourth-order valence-electron chi connectivity index (χ4n) is 7.08. The van der Waals surface area contributed by atoms with Crippen molar-refractivity contribution in [2.45, 2.75) is 181 Å². The summed E-state index contributed by atoms with van der Waals surface area (Å²) in [7, 11) is -2.82. The van der Waals surface area contributed by atoms with E-state index in [0.717, 1.165) is 0 Å². The van der Waals surface area contributed by atoms with Crippen molar-refractivity contribution < 1.29 is 0 Å². The van der Waals surface area contributed by atoms with Crippen LogP contribution in [0.1, 0.15) is 153 Å². The quantitative estimate of drug-likeness (QED) is 0.0543. The topological polar surface area (TPSA) is 0 Å². The molecule has 0 N–H and O–H groups in total. The molecular formula is C44H72S2Si2. The first-order valence-corrected chi connectivity index (χ1v) is 28.2. The van der Waals surface area contributed by atoms with E-state index >= 15 is 0 Å². The van der Waals surface area contributed by atoms with E-state index in [-0.39, 0.29) is 0 Å². The van der Waals surface area contributed by atoms with Gasteiger partial charge in [-0.3, -0.25) is 0 Å². The Morgan fingerprint density at radius 2 is 0.958 bits per heavy atom. The molecule has 0 unspecified atom stereocenters. The lowest BCUT2D eigenvalue weighted by molar-refractivity contribution is 0.561. The monoisotopic (exact) mass is 720 g/mol. The zero-order valence-corrected chi connectivity index (χ0v) is 35.8. The molecule has 0 aliphatic carbocycles. The zero-order valence-electron chi connectivity index (χ0n) is 32.2. The van der Waals surface area contributed by atoms with Crippen LogP contribution >= 0.6 is 22.7 Å². The van der Waals surface area contributed by atoms with Crippen molar-refractivity contribution in [2.24, 2.45) is 0 Å². The smallest absolute Gasteiger partial charge is 0.0934 e. The van der Waals surface area contributed by atoms with E-state index in [1.54, 1.807) is 9.00 Å². The van der Waals surface area contributed by atoms with Crippen molar-refractivity contribution in [1.82, 2.24) is 0 Å². The average molecular weight is 721 g/mol. The van der Waals surface area contributed by atoms with E-state index in [9.17, 15) is 0 Å². The SMILES string of the molecule is C=C(c1cccc(-c2ccc([Si](C)(C)CCCCCCCCCCCC)s2)c1)c1ccc([Si](C)(C)CCCCCCCCCCCC)s1. The Balaban J connectivity index is 1.46. The van der Waals surface area contributed by atoms with Crippen molar-refractivity contribution >= 4 is 53.4 Å². The highest BCUT2D eigenvalue weighted by Crippen LogP contribution is 2.32. The summed E-state index contributed by atoms with van der Waals surface area (Å²) in [5, 5.41) is 0. The van der Waals surface area contributed by atoms with Crippen LogP contribution in [0.5, 0.6) is 0 Å². The molecule has 3 rings (SSSR count). The number of rotatable bonds is 27. The molecule has 0 bridgehead atoms. The summed E-state index contributed by atoms with van der Waals surface area (Å²) in [4.78, 5) is 2.77. The predicted octanol–water partition coefficient (Wildman–Crippen LogP) is 15.2. The summed E-state index contributed by atoms with van der Waals surface area (Å²) in [5.74, 6) is 0. The minimum atomic E-state index is -1.42. The average Bonchev–Trinajstić information content (AvgIpc) is 3.79. The van der Waals surface area contributed by atoms with E-state index in [4.69, 9.17) is 0 Å². The van der Waals surface area contributed by atoms with Crippen LogP contribution in [0.25, 0.3) is 16.0 Å². The zero-order chi connectivity index (χ0) is 34.7. The summed E-state index contributed by atoms with van der Waals surface area (Å²) in [6, 6.07) is 21.6. The summed E-state index contributed by atoms with van der Waals surface area (Å²) in [5.41, 5.74) is 3.80. The number of thiophene rings is 2. The molecule has 0 fully saturated rings. The van der Waals surface area contributed by atoms with Crippen LogP contribution in [0.15, 0.2) is 55.1 Å². The lowest BCUT2D eigenvalue weighted by Crippen LogP contribution is -2.38. The second-order valence-corrected chi connectivity index (χ2v) is 28.5. The normalized spacial score (nSPS) is 12.2. The molecule has 268 valence electrons. The maximum atomic E-state index is 4.61. The number of hydrogen-bond donors (Lipinski definition) is 0. The number of unbranched alkanes of at least 4 members (excludes halogenated alkanes) is 18. The summed E-state index contributed by atoms with van der Waals surface area (Å²) >= 11 is 4.08. The van der Waals surface area contributed by atoms with E-state index < -0.39 is 16.1 Å². The fraction of sp³-hybridized carbons (Fsp3) is 0.636. The molecule has 0 amide bonds. The van der Waals surface area contributed by atoms with Gasteiger partial charge in [-0.2, -0.15) is 0 Å². The third kappa shape index (κ3) is 14.6. The van der Waals surface area contributed by atoms with Crippen molar-refractivity contribution in [1.29, 1.82) is 0 Å². The Kier molecular flexibility index (Phi) is 19.4. The van der Waals surface area contributed by atoms with Crippen molar-refractivity contribution in [2.75, 3.05) is 0 Å². The molecule has 0 atom stereocenters. The van der Waals surface area contributed by atoms with Crippen LogP contribution in [0.2, 0.25) is 38.3 Å². The molecule has 2 aromatic heterocycles. The molecule has 0 aliphatic rings. The minimum Gasteiger partial charge on any atom is -0.145 e. The second-order valence-electron chi connectivity index (χ2n) is 16.0. The summed E-state index contributed by atoms with van der Waals surface area (Å²) < 4.78 is 3.30. The molecule has 0 aliphatic heterocycles. The van der Waals surface area contributed by atoms with Gasteiger partial charge in [-0.25, -0.2) is 0 Å². The summed E-state index contributed by atoms with van der Waals surface area (Å²) in [6.45, 7) is 19.6. The molecule has 0 spiro atoms. The van der Waals surface area contributed by atoms with Gasteiger partial charge in [-0.05, 0) is 43.9 Å². The highest BCUT2D eigenvalue weighted by atomic mass is 32.1. The van der Waals surface area contributed by atoms with E-state index in [1.165, 1.54) is 167 Å². The molecule has 0 nitrogen and oxygen atoms in total. The number of hydrogen-bond acceptors (Lipinski definition) is 2. The Bertz CT molecular complexity index is 1300. The van der Waals surface area contributed by atoms with Gasteiger partial charge >= 0.3 is 0 Å². The molecular weight excluding hydrogens is 649 g/mol. The molecule has 2 heterocycles. The van der Waals surface area contributed by atoms with E-state index in [1.807, 2.05) is 11.3 Å². The van der Waals surface area contributed by atoms with Gasteiger partial charge in [0.1, 0.15) is 0 Å². The van der Waals surface area contributed by atoms with Gasteiger partial charge in [0, 0.05) is 9.75 Å². The van der Waals surface area contributed by atoms with Gasteiger partial charge in [0.15, 0.2) is 0 Å². The van der Waals surface area contributed by atoms with Crippen LogP contribution in [0.4, 0.5) is 0 Å². The van der Waals surface area contributed by atoms with Gasteiger partial charge < -0.3 is 0 Å². The molecule has 3 aromatic rings. The van der Waals surface area contributed by atoms with Crippen molar-refractivity contribution in [3.05, 3.63) is 65.6 Å². The van der Waals surface area contributed by atoms with Gasteiger partial charge in [0.05, 0.1) is 16.1 Å². The highest BCUT2D eigenvalue weighted by Gasteiger charge is 2.26. The number of benzene rings is 1. The Morgan fingerprint density at radius 3 is 1.46 bits per heavy atom. The van der Waals surface area contributed by atoms with Crippen LogP contribution in [-0.4, -0.2) is 16.1 Å². The molecule has 0 radical (unpaired) electrons. The molecule has 0 saturated carbocycles. The second kappa shape index (κ2) is 22.6. The largest absolute Gasteiger partial charge is 0.145 e. The maximum absolute atomic E-state index is 4.61. The van der Waals surface area contributed by atoms with Gasteiger partial charge in [-0.15, -0.1) is 22.7 Å². The standard InChI is InChI=1S/C44H72S2Si2/c1-8-10-12-14-16-18-20-22-24-26-35-47(4,5)43-33-31-41(45-43)38(3)39-29-28-30-40(37-39)42-32-34-44(46-42)48(6,7)36-27-25-23-21-19-17-15-13-11-9-2/h28-34,37H,3,8-27,35-36H2,1-2,4-7H3.